The lowest BCUT2D eigenvalue weighted by molar-refractivity contribution is -0.168. The maximum Gasteiger partial charge on any atom is 0.303 e. The predicted octanol–water partition coefficient (Wildman–Crippen LogP) is 3.46. The third kappa shape index (κ3) is 2.78. The fourth-order valence-electron chi connectivity index (χ4n) is 4.55. The molecule has 0 aromatic rings. The SMILES string of the molecule is C=C1CCC[C@@]2(C)CC[C@H]([C@H](OC(C)=O)C(C)(C)O)[C@@H]12. The summed E-state index contributed by atoms with van der Waals surface area (Å²) in [7, 11) is 0. The second-order valence-electron chi connectivity index (χ2n) is 7.53. The van der Waals surface area contributed by atoms with Gasteiger partial charge in [0.1, 0.15) is 6.10 Å². The molecule has 2 fully saturated rings. The number of carbonyl (C=O) groups excluding carboxylic acids is 1. The van der Waals surface area contributed by atoms with Gasteiger partial charge >= 0.3 is 5.97 Å². The largest absolute Gasteiger partial charge is 0.459 e. The molecule has 0 amide bonds. The number of hydrogen-bond donors (Lipinski definition) is 1. The molecule has 2 aliphatic rings. The van der Waals surface area contributed by atoms with Crippen LogP contribution in [-0.2, 0) is 9.53 Å². The second-order valence-corrected chi connectivity index (χ2v) is 7.53. The van der Waals surface area contributed by atoms with E-state index in [-0.39, 0.29) is 17.3 Å². The molecule has 0 unspecified atom stereocenters. The van der Waals surface area contributed by atoms with Crippen LogP contribution in [0.4, 0.5) is 0 Å². The number of carbonyl (C=O) groups is 1. The highest BCUT2D eigenvalue weighted by atomic mass is 16.6. The highest BCUT2D eigenvalue weighted by Gasteiger charge is 2.53. The van der Waals surface area contributed by atoms with Gasteiger partial charge in [-0.25, -0.2) is 0 Å². The van der Waals surface area contributed by atoms with Crippen LogP contribution < -0.4 is 0 Å². The smallest absolute Gasteiger partial charge is 0.303 e. The molecule has 4 atom stereocenters. The Labute approximate surface area is 122 Å². The van der Waals surface area contributed by atoms with E-state index in [1.807, 2.05) is 0 Å². The first-order chi connectivity index (χ1) is 9.15. The van der Waals surface area contributed by atoms with E-state index in [9.17, 15) is 9.90 Å². The van der Waals surface area contributed by atoms with Crippen molar-refractivity contribution in [2.45, 2.75) is 71.5 Å². The predicted molar refractivity (Wildman–Crippen MR) is 79.2 cm³/mol. The molecule has 3 nitrogen and oxygen atoms in total. The molecule has 0 aromatic heterocycles. The molecule has 20 heavy (non-hydrogen) atoms. The van der Waals surface area contributed by atoms with Crippen molar-refractivity contribution in [2.75, 3.05) is 0 Å². The molecule has 2 saturated carbocycles. The van der Waals surface area contributed by atoms with Gasteiger partial charge in [-0.2, -0.15) is 0 Å². The maximum atomic E-state index is 11.4. The summed E-state index contributed by atoms with van der Waals surface area (Å²) in [6.07, 6.45) is 5.18. The Morgan fingerprint density at radius 1 is 1.50 bits per heavy atom. The van der Waals surface area contributed by atoms with Crippen molar-refractivity contribution >= 4 is 5.97 Å². The minimum atomic E-state index is -1.01. The van der Waals surface area contributed by atoms with Gasteiger partial charge in [-0.05, 0) is 57.3 Å². The average molecular weight is 280 g/mol. The molecule has 0 heterocycles. The number of fused-ring (bicyclic) bond motifs is 1. The summed E-state index contributed by atoms with van der Waals surface area (Å²) >= 11 is 0. The Hall–Kier alpha value is -0.830. The van der Waals surface area contributed by atoms with Crippen molar-refractivity contribution in [1.29, 1.82) is 0 Å². The van der Waals surface area contributed by atoms with Crippen LogP contribution in [0.1, 0.15) is 59.8 Å². The van der Waals surface area contributed by atoms with Crippen molar-refractivity contribution in [3.05, 3.63) is 12.2 Å². The van der Waals surface area contributed by atoms with E-state index in [4.69, 9.17) is 4.74 Å². The zero-order valence-corrected chi connectivity index (χ0v) is 13.2. The van der Waals surface area contributed by atoms with E-state index in [0.29, 0.717) is 5.92 Å². The monoisotopic (exact) mass is 280 g/mol. The Kier molecular flexibility index (Phi) is 4.03. The van der Waals surface area contributed by atoms with E-state index in [1.165, 1.54) is 25.3 Å². The van der Waals surface area contributed by atoms with Gasteiger partial charge in [0, 0.05) is 12.8 Å². The van der Waals surface area contributed by atoms with Crippen LogP contribution >= 0.6 is 0 Å². The normalized spacial score (nSPS) is 35.5. The topological polar surface area (TPSA) is 46.5 Å². The fraction of sp³-hybridized carbons (Fsp3) is 0.824. The molecule has 1 N–H and O–H groups in total. The summed E-state index contributed by atoms with van der Waals surface area (Å²) in [5, 5.41) is 10.4. The molecule has 0 aliphatic heterocycles. The van der Waals surface area contributed by atoms with Crippen LogP contribution in [0.25, 0.3) is 0 Å². The molecule has 3 heteroatoms. The van der Waals surface area contributed by atoms with E-state index >= 15 is 0 Å². The van der Waals surface area contributed by atoms with Crippen LogP contribution in [-0.4, -0.2) is 22.8 Å². The summed E-state index contributed by atoms with van der Waals surface area (Å²) in [5.41, 5.74) is 0.533. The van der Waals surface area contributed by atoms with E-state index in [2.05, 4.69) is 13.5 Å². The van der Waals surface area contributed by atoms with Gasteiger partial charge in [-0.1, -0.05) is 19.1 Å². The molecule has 0 saturated heterocycles. The first-order valence-corrected chi connectivity index (χ1v) is 7.72. The number of allylic oxidation sites excluding steroid dienone is 1. The lowest BCUT2D eigenvalue weighted by Crippen LogP contribution is -2.47. The van der Waals surface area contributed by atoms with Gasteiger partial charge in [0.2, 0.25) is 0 Å². The molecule has 0 spiro atoms. The first-order valence-electron chi connectivity index (χ1n) is 7.72. The van der Waals surface area contributed by atoms with Crippen molar-refractivity contribution in [2.24, 2.45) is 17.3 Å². The van der Waals surface area contributed by atoms with Gasteiger partial charge in [-0.15, -0.1) is 0 Å². The first kappa shape index (κ1) is 15.6. The second kappa shape index (κ2) is 5.18. The minimum Gasteiger partial charge on any atom is -0.459 e. The Bertz CT molecular complexity index is 407. The van der Waals surface area contributed by atoms with Crippen molar-refractivity contribution in [3.8, 4) is 0 Å². The van der Waals surface area contributed by atoms with Crippen LogP contribution in [0.3, 0.4) is 0 Å². The molecule has 0 aromatic carbocycles. The number of rotatable bonds is 3. The lowest BCUT2D eigenvalue weighted by Gasteiger charge is -2.43. The average Bonchev–Trinajstić information content (AvgIpc) is 2.63. The summed E-state index contributed by atoms with van der Waals surface area (Å²) in [4.78, 5) is 11.4. The van der Waals surface area contributed by atoms with Crippen LogP contribution in [0.5, 0.6) is 0 Å². The van der Waals surface area contributed by atoms with E-state index in [0.717, 1.165) is 19.3 Å². The van der Waals surface area contributed by atoms with Crippen LogP contribution in [0.15, 0.2) is 12.2 Å². The number of ether oxygens (including phenoxy) is 1. The maximum absolute atomic E-state index is 11.4. The number of hydrogen-bond acceptors (Lipinski definition) is 3. The Morgan fingerprint density at radius 2 is 2.15 bits per heavy atom. The van der Waals surface area contributed by atoms with Crippen LogP contribution in [0.2, 0.25) is 0 Å². The number of aliphatic hydroxyl groups is 1. The third-order valence-electron chi connectivity index (χ3n) is 5.29. The van der Waals surface area contributed by atoms with Crippen molar-refractivity contribution < 1.29 is 14.6 Å². The van der Waals surface area contributed by atoms with Gasteiger partial charge in [0.05, 0.1) is 5.60 Å². The van der Waals surface area contributed by atoms with Gasteiger partial charge in [0.25, 0.3) is 0 Å². The summed E-state index contributed by atoms with van der Waals surface area (Å²) in [5.74, 6) is 0.246. The quantitative estimate of drug-likeness (QED) is 0.636. The van der Waals surface area contributed by atoms with Gasteiger partial charge < -0.3 is 9.84 Å². The fourth-order valence-corrected chi connectivity index (χ4v) is 4.55. The molecule has 2 rings (SSSR count). The van der Waals surface area contributed by atoms with E-state index < -0.39 is 11.7 Å². The van der Waals surface area contributed by atoms with Crippen molar-refractivity contribution in [1.82, 2.24) is 0 Å². The molecule has 0 bridgehead atoms. The molecule has 0 radical (unpaired) electrons. The van der Waals surface area contributed by atoms with E-state index in [1.54, 1.807) is 13.8 Å². The van der Waals surface area contributed by atoms with Crippen LogP contribution in [0, 0.1) is 17.3 Å². The zero-order valence-electron chi connectivity index (χ0n) is 13.2. The highest BCUT2D eigenvalue weighted by Crippen LogP contribution is 2.58. The van der Waals surface area contributed by atoms with Gasteiger partial charge in [0.15, 0.2) is 0 Å². The Balaban J connectivity index is 2.29. The van der Waals surface area contributed by atoms with Crippen molar-refractivity contribution in [3.63, 3.8) is 0 Å². The molecule has 114 valence electrons. The standard InChI is InChI=1S/C17H28O3/c1-11-7-6-9-17(5)10-8-13(14(11)17)15(16(3,4)19)20-12(2)18/h13-15,19H,1,6-10H2,2-5H3/t13-,14+,15-,17-/m0/s1. The Morgan fingerprint density at radius 3 is 2.70 bits per heavy atom. The number of esters is 1. The summed E-state index contributed by atoms with van der Waals surface area (Å²) in [6, 6.07) is 0. The molecular formula is C17H28O3. The minimum absolute atomic E-state index is 0.191. The molecular weight excluding hydrogens is 252 g/mol. The summed E-state index contributed by atoms with van der Waals surface area (Å²) in [6.45, 7) is 11.5. The highest BCUT2D eigenvalue weighted by molar-refractivity contribution is 5.66. The lowest BCUT2D eigenvalue weighted by atomic mass is 9.64. The third-order valence-corrected chi connectivity index (χ3v) is 5.29. The van der Waals surface area contributed by atoms with Gasteiger partial charge in [-0.3, -0.25) is 4.79 Å². The summed E-state index contributed by atoms with van der Waals surface area (Å²) < 4.78 is 5.51. The molecule has 2 aliphatic carbocycles. The zero-order chi connectivity index (χ0) is 15.1.